The van der Waals surface area contributed by atoms with Gasteiger partial charge in [0.25, 0.3) is 0 Å². The standard InChI is InChI=1S/C12H20N4O2S/c1-9-4-15(6-11-14-13-8-19-11)5-10(2)16(9)12(17)7-18-3/h8-10H,4-7H2,1-3H3. The molecule has 0 bridgehead atoms. The minimum Gasteiger partial charge on any atom is -0.375 e. The summed E-state index contributed by atoms with van der Waals surface area (Å²) < 4.78 is 4.94. The van der Waals surface area contributed by atoms with Crippen molar-refractivity contribution in [2.24, 2.45) is 0 Å². The van der Waals surface area contributed by atoms with Crippen LogP contribution in [0.1, 0.15) is 18.9 Å². The number of hydrogen-bond donors (Lipinski definition) is 0. The van der Waals surface area contributed by atoms with Crippen molar-refractivity contribution in [2.45, 2.75) is 32.5 Å². The fourth-order valence-corrected chi connectivity index (χ4v) is 3.27. The van der Waals surface area contributed by atoms with Gasteiger partial charge in [-0.1, -0.05) is 0 Å². The highest BCUT2D eigenvalue weighted by molar-refractivity contribution is 7.09. The van der Waals surface area contributed by atoms with E-state index >= 15 is 0 Å². The first-order valence-electron chi connectivity index (χ1n) is 6.39. The molecule has 0 radical (unpaired) electrons. The van der Waals surface area contributed by atoms with E-state index in [4.69, 9.17) is 4.74 Å². The van der Waals surface area contributed by atoms with Gasteiger partial charge in [-0.25, -0.2) is 0 Å². The molecule has 2 heterocycles. The van der Waals surface area contributed by atoms with Crippen molar-refractivity contribution in [3.63, 3.8) is 0 Å². The highest BCUT2D eigenvalue weighted by Gasteiger charge is 2.32. The smallest absolute Gasteiger partial charge is 0.249 e. The molecule has 0 aliphatic carbocycles. The van der Waals surface area contributed by atoms with E-state index in [-0.39, 0.29) is 24.6 Å². The minimum atomic E-state index is 0.0677. The van der Waals surface area contributed by atoms with Crippen molar-refractivity contribution >= 4 is 17.2 Å². The van der Waals surface area contributed by atoms with Crippen LogP contribution in [0.3, 0.4) is 0 Å². The van der Waals surface area contributed by atoms with E-state index in [2.05, 4.69) is 28.9 Å². The second-order valence-corrected chi connectivity index (χ2v) is 5.88. The number of piperazine rings is 1. The number of nitrogens with zero attached hydrogens (tertiary/aromatic N) is 4. The Hall–Kier alpha value is -1.05. The first-order chi connectivity index (χ1) is 9.11. The SMILES string of the molecule is COCC(=O)N1C(C)CN(Cc2nncs2)CC1C. The van der Waals surface area contributed by atoms with Crippen molar-refractivity contribution in [3.8, 4) is 0 Å². The molecular formula is C12H20N4O2S. The Morgan fingerprint density at radius 1 is 1.47 bits per heavy atom. The molecule has 1 aromatic heterocycles. The number of carbonyl (C=O) groups excluding carboxylic acids is 1. The summed E-state index contributed by atoms with van der Waals surface area (Å²) in [7, 11) is 1.55. The lowest BCUT2D eigenvalue weighted by molar-refractivity contribution is -0.143. The van der Waals surface area contributed by atoms with Gasteiger partial charge in [0, 0.05) is 32.3 Å². The van der Waals surface area contributed by atoms with Crippen LogP contribution < -0.4 is 0 Å². The summed E-state index contributed by atoms with van der Waals surface area (Å²) in [6.07, 6.45) is 0. The van der Waals surface area contributed by atoms with E-state index in [1.54, 1.807) is 24.0 Å². The third kappa shape index (κ3) is 3.49. The number of methoxy groups -OCH3 is 1. The van der Waals surface area contributed by atoms with Crippen LogP contribution in [0.4, 0.5) is 0 Å². The predicted molar refractivity (Wildman–Crippen MR) is 72.8 cm³/mol. The first kappa shape index (κ1) is 14.4. The lowest BCUT2D eigenvalue weighted by Crippen LogP contribution is -2.59. The van der Waals surface area contributed by atoms with E-state index < -0.39 is 0 Å². The largest absolute Gasteiger partial charge is 0.375 e. The molecule has 1 amide bonds. The molecule has 2 atom stereocenters. The van der Waals surface area contributed by atoms with E-state index in [0.717, 1.165) is 24.6 Å². The van der Waals surface area contributed by atoms with E-state index in [0.29, 0.717) is 0 Å². The molecule has 2 unspecified atom stereocenters. The predicted octanol–water partition coefficient (Wildman–Crippen LogP) is 0.606. The summed E-state index contributed by atoms with van der Waals surface area (Å²) >= 11 is 1.57. The maximum atomic E-state index is 12.0. The highest BCUT2D eigenvalue weighted by Crippen LogP contribution is 2.18. The molecule has 106 valence electrons. The van der Waals surface area contributed by atoms with Gasteiger partial charge in [0.2, 0.25) is 5.91 Å². The Balaban J connectivity index is 1.95. The van der Waals surface area contributed by atoms with Crippen molar-refractivity contribution in [1.29, 1.82) is 0 Å². The highest BCUT2D eigenvalue weighted by atomic mass is 32.1. The second-order valence-electron chi connectivity index (χ2n) is 4.96. The van der Waals surface area contributed by atoms with Crippen molar-refractivity contribution in [2.75, 3.05) is 26.8 Å². The quantitative estimate of drug-likeness (QED) is 0.810. The Morgan fingerprint density at radius 2 is 2.16 bits per heavy atom. The number of aromatic nitrogens is 2. The van der Waals surface area contributed by atoms with Gasteiger partial charge < -0.3 is 9.64 Å². The zero-order valence-corrected chi connectivity index (χ0v) is 12.4. The van der Waals surface area contributed by atoms with Crippen LogP contribution in [0.25, 0.3) is 0 Å². The molecule has 0 spiro atoms. The Labute approximate surface area is 117 Å². The average Bonchev–Trinajstić information content (AvgIpc) is 2.81. The summed E-state index contributed by atoms with van der Waals surface area (Å²) in [4.78, 5) is 16.3. The Bertz CT molecular complexity index is 400. The maximum absolute atomic E-state index is 12.0. The van der Waals surface area contributed by atoms with Gasteiger partial charge in [-0.15, -0.1) is 21.5 Å². The fraction of sp³-hybridized carbons (Fsp3) is 0.750. The lowest BCUT2D eigenvalue weighted by atomic mass is 10.1. The van der Waals surface area contributed by atoms with Gasteiger partial charge >= 0.3 is 0 Å². The monoisotopic (exact) mass is 284 g/mol. The number of amides is 1. The summed E-state index contributed by atoms with van der Waals surface area (Å²) in [5.41, 5.74) is 1.75. The molecule has 0 aromatic carbocycles. The number of carbonyl (C=O) groups is 1. The van der Waals surface area contributed by atoms with Gasteiger partial charge in [-0.2, -0.15) is 0 Å². The van der Waals surface area contributed by atoms with Crippen LogP contribution in [-0.2, 0) is 16.1 Å². The Morgan fingerprint density at radius 3 is 2.68 bits per heavy atom. The molecule has 1 saturated heterocycles. The fourth-order valence-electron chi connectivity index (χ4n) is 2.71. The summed E-state index contributed by atoms with van der Waals surface area (Å²) in [6, 6.07) is 0.388. The van der Waals surface area contributed by atoms with Crippen LogP contribution in [0.15, 0.2) is 5.51 Å². The molecule has 1 aliphatic rings. The third-order valence-corrected chi connectivity index (χ3v) is 4.00. The van der Waals surface area contributed by atoms with Gasteiger partial charge in [0.1, 0.15) is 17.1 Å². The summed E-state index contributed by atoms with van der Waals surface area (Å²) in [5.74, 6) is 0.0677. The van der Waals surface area contributed by atoms with Crippen LogP contribution in [0, 0.1) is 0 Å². The van der Waals surface area contributed by atoms with Crippen molar-refractivity contribution in [1.82, 2.24) is 20.0 Å². The molecule has 2 rings (SSSR count). The number of hydrogen-bond acceptors (Lipinski definition) is 6. The maximum Gasteiger partial charge on any atom is 0.249 e. The van der Waals surface area contributed by atoms with Crippen molar-refractivity contribution in [3.05, 3.63) is 10.5 Å². The molecule has 19 heavy (non-hydrogen) atoms. The topological polar surface area (TPSA) is 58.6 Å². The van der Waals surface area contributed by atoms with E-state index in [9.17, 15) is 4.79 Å². The van der Waals surface area contributed by atoms with Gasteiger partial charge in [-0.3, -0.25) is 9.69 Å². The van der Waals surface area contributed by atoms with Gasteiger partial charge in [0.05, 0.1) is 6.54 Å². The average molecular weight is 284 g/mol. The van der Waals surface area contributed by atoms with Crippen LogP contribution in [0.5, 0.6) is 0 Å². The summed E-state index contributed by atoms with van der Waals surface area (Å²) in [5, 5.41) is 8.95. The molecule has 7 heteroatoms. The third-order valence-electron chi connectivity index (χ3n) is 3.31. The zero-order valence-electron chi connectivity index (χ0n) is 11.6. The molecule has 6 nitrogen and oxygen atoms in total. The van der Waals surface area contributed by atoms with Crippen LogP contribution in [-0.4, -0.2) is 64.8 Å². The van der Waals surface area contributed by atoms with Crippen LogP contribution in [0.2, 0.25) is 0 Å². The second kappa shape index (κ2) is 6.40. The van der Waals surface area contributed by atoms with E-state index in [1.807, 2.05) is 4.90 Å². The number of rotatable bonds is 4. The van der Waals surface area contributed by atoms with E-state index in [1.165, 1.54) is 0 Å². The minimum absolute atomic E-state index is 0.0677. The zero-order chi connectivity index (χ0) is 13.8. The Kier molecular flexibility index (Phi) is 4.84. The lowest BCUT2D eigenvalue weighted by Gasteiger charge is -2.44. The van der Waals surface area contributed by atoms with Crippen LogP contribution >= 0.6 is 11.3 Å². The van der Waals surface area contributed by atoms with Gasteiger partial charge in [-0.05, 0) is 13.8 Å². The molecule has 1 aromatic rings. The first-order valence-corrected chi connectivity index (χ1v) is 7.27. The summed E-state index contributed by atoms with van der Waals surface area (Å²) in [6.45, 7) is 6.85. The molecule has 1 fully saturated rings. The number of ether oxygens (including phenoxy) is 1. The molecule has 0 saturated carbocycles. The van der Waals surface area contributed by atoms with Gasteiger partial charge in [0.15, 0.2) is 0 Å². The molecule has 0 N–H and O–H groups in total. The normalized spacial score (nSPS) is 24.7. The molecule has 1 aliphatic heterocycles. The van der Waals surface area contributed by atoms with Crippen molar-refractivity contribution < 1.29 is 9.53 Å². The molecular weight excluding hydrogens is 264 g/mol.